The molecule has 1 aliphatic rings. The van der Waals surface area contributed by atoms with Crippen LogP contribution in [0.1, 0.15) is 31.7 Å². The van der Waals surface area contributed by atoms with Crippen molar-refractivity contribution in [3.63, 3.8) is 0 Å². The van der Waals surface area contributed by atoms with Gasteiger partial charge in [-0.2, -0.15) is 0 Å². The van der Waals surface area contributed by atoms with Crippen molar-refractivity contribution in [2.45, 2.75) is 32.7 Å². The number of benzene rings is 1. The Balaban J connectivity index is 2.08. The lowest BCUT2D eigenvalue weighted by atomic mass is 10.0. The van der Waals surface area contributed by atoms with Crippen molar-refractivity contribution in [3.8, 4) is 11.5 Å². The minimum absolute atomic E-state index is 0.0254. The number of ether oxygens (including phenoxy) is 1. The van der Waals surface area contributed by atoms with Crippen molar-refractivity contribution < 1.29 is 9.84 Å². The van der Waals surface area contributed by atoms with E-state index in [1.165, 1.54) is 19.3 Å². The molecule has 0 saturated carbocycles. The zero-order valence-electron chi connectivity index (χ0n) is 11.7. The van der Waals surface area contributed by atoms with Gasteiger partial charge >= 0.3 is 0 Å². The van der Waals surface area contributed by atoms with Crippen LogP contribution in [0.5, 0.6) is 11.5 Å². The van der Waals surface area contributed by atoms with E-state index in [4.69, 9.17) is 16.3 Å². The van der Waals surface area contributed by atoms with Crippen LogP contribution in [0.3, 0.4) is 0 Å². The van der Waals surface area contributed by atoms with Crippen LogP contribution in [-0.2, 0) is 6.54 Å². The molecule has 1 aromatic rings. The first kappa shape index (κ1) is 14.5. The molecule has 1 unspecified atom stereocenters. The molecular formula is C15H22ClNO2. The smallest absolute Gasteiger partial charge is 0.176 e. The van der Waals surface area contributed by atoms with E-state index in [1.807, 2.05) is 12.1 Å². The maximum atomic E-state index is 9.74. The normalized spacial score (nSPS) is 21.1. The lowest BCUT2D eigenvalue weighted by Gasteiger charge is -2.20. The van der Waals surface area contributed by atoms with Gasteiger partial charge in [0.2, 0.25) is 0 Å². The minimum atomic E-state index is 0.0254. The van der Waals surface area contributed by atoms with Crippen molar-refractivity contribution in [1.82, 2.24) is 4.90 Å². The highest BCUT2D eigenvalue weighted by Gasteiger charge is 2.15. The van der Waals surface area contributed by atoms with Crippen molar-refractivity contribution >= 4 is 11.6 Å². The zero-order valence-corrected chi connectivity index (χ0v) is 12.4. The van der Waals surface area contributed by atoms with Crippen molar-refractivity contribution in [2.24, 2.45) is 5.92 Å². The fourth-order valence-corrected chi connectivity index (χ4v) is 2.85. The first-order valence-corrected chi connectivity index (χ1v) is 7.25. The van der Waals surface area contributed by atoms with Gasteiger partial charge in [-0.05, 0) is 56.0 Å². The molecule has 1 aromatic carbocycles. The van der Waals surface area contributed by atoms with Crippen LogP contribution in [0.4, 0.5) is 0 Å². The summed E-state index contributed by atoms with van der Waals surface area (Å²) in [4.78, 5) is 2.45. The van der Waals surface area contributed by atoms with Crippen molar-refractivity contribution in [2.75, 3.05) is 20.2 Å². The van der Waals surface area contributed by atoms with Crippen LogP contribution in [0.15, 0.2) is 12.1 Å². The van der Waals surface area contributed by atoms with Crippen molar-refractivity contribution in [1.29, 1.82) is 0 Å². The summed E-state index contributed by atoms with van der Waals surface area (Å²) in [5.41, 5.74) is 1.09. The molecule has 0 radical (unpaired) electrons. The van der Waals surface area contributed by atoms with E-state index < -0.39 is 0 Å². The zero-order chi connectivity index (χ0) is 13.8. The molecule has 0 bridgehead atoms. The maximum Gasteiger partial charge on any atom is 0.176 e. The summed E-state index contributed by atoms with van der Waals surface area (Å²) in [5.74, 6) is 1.30. The summed E-state index contributed by atoms with van der Waals surface area (Å²) in [6.07, 6.45) is 3.82. The number of phenols is 1. The Kier molecular flexibility index (Phi) is 4.94. The van der Waals surface area contributed by atoms with Gasteiger partial charge in [-0.25, -0.2) is 0 Å². The van der Waals surface area contributed by atoms with E-state index in [9.17, 15) is 5.11 Å². The minimum Gasteiger partial charge on any atom is -0.503 e. The molecule has 3 nitrogen and oxygen atoms in total. The Morgan fingerprint density at radius 1 is 1.37 bits per heavy atom. The Morgan fingerprint density at radius 2 is 2.16 bits per heavy atom. The summed E-state index contributed by atoms with van der Waals surface area (Å²) in [6.45, 7) is 5.44. The van der Waals surface area contributed by atoms with E-state index in [0.29, 0.717) is 10.8 Å². The van der Waals surface area contributed by atoms with Crippen molar-refractivity contribution in [3.05, 3.63) is 22.7 Å². The number of halogens is 1. The molecule has 4 heteroatoms. The number of methoxy groups -OCH3 is 1. The van der Waals surface area contributed by atoms with Crippen LogP contribution < -0.4 is 4.74 Å². The van der Waals surface area contributed by atoms with E-state index in [0.717, 1.165) is 31.1 Å². The van der Waals surface area contributed by atoms with E-state index in [1.54, 1.807) is 7.11 Å². The molecule has 1 saturated heterocycles. The van der Waals surface area contributed by atoms with Gasteiger partial charge in [0.05, 0.1) is 12.1 Å². The Hall–Kier alpha value is -0.930. The molecule has 106 valence electrons. The second kappa shape index (κ2) is 6.49. The molecule has 1 atom stereocenters. The maximum absolute atomic E-state index is 9.74. The SMILES string of the molecule is COc1cc(CN2CCCC(C)CC2)cc(Cl)c1O. The first-order chi connectivity index (χ1) is 9.10. The highest BCUT2D eigenvalue weighted by atomic mass is 35.5. The van der Waals surface area contributed by atoms with Gasteiger partial charge in [0.25, 0.3) is 0 Å². The van der Waals surface area contributed by atoms with Gasteiger partial charge in [0, 0.05) is 6.54 Å². The van der Waals surface area contributed by atoms with Crippen LogP contribution in [0.25, 0.3) is 0 Å². The third-order valence-electron chi connectivity index (χ3n) is 3.82. The Bertz CT molecular complexity index is 436. The van der Waals surface area contributed by atoms with Crippen LogP contribution in [-0.4, -0.2) is 30.2 Å². The lowest BCUT2D eigenvalue weighted by Crippen LogP contribution is -2.24. The largest absolute Gasteiger partial charge is 0.503 e. The monoisotopic (exact) mass is 283 g/mol. The second-order valence-corrected chi connectivity index (χ2v) is 5.85. The highest BCUT2D eigenvalue weighted by molar-refractivity contribution is 6.32. The van der Waals surface area contributed by atoms with E-state index >= 15 is 0 Å². The Morgan fingerprint density at radius 3 is 2.89 bits per heavy atom. The van der Waals surface area contributed by atoms with Gasteiger partial charge in [0.15, 0.2) is 11.5 Å². The summed E-state index contributed by atoms with van der Waals surface area (Å²) in [6, 6.07) is 3.70. The van der Waals surface area contributed by atoms with E-state index in [-0.39, 0.29) is 5.75 Å². The molecular weight excluding hydrogens is 262 g/mol. The lowest BCUT2D eigenvalue weighted by molar-refractivity contribution is 0.273. The van der Waals surface area contributed by atoms with Crippen LogP contribution in [0.2, 0.25) is 5.02 Å². The fraction of sp³-hybridized carbons (Fsp3) is 0.600. The van der Waals surface area contributed by atoms with Crippen LogP contribution >= 0.6 is 11.6 Å². The molecule has 1 fully saturated rings. The number of nitrogens with zero attached hydrogens (tertiary/aromatic N) is 1. The van der Waals surface area contributed by atoms with Gasteiger partial charge in [0.1, 0.15) is 0 Å². The van der Waals surface area contributed by atoms with Gasteiger partial charge in [-0.1, -0.05) is 18.5 Å². The molecule has 0 aromatic heterocycles. The molecule has 0 spiro atoms. The number of phenolic OH excluding ortho intramolecular Hbond substituents is 1. The standard InChI is InChI=1S/C15H22ClNO2/c1-11-4-3-6-17(7-5-11)10-12-8-13(16)15(18)14(9-12)19-2/h8-9,11,18H,3-7,10H2,1-2H3. The summed E-state index contributed by atoms with van der Waals surface area (Å²) >= 11 is 6.02. The quantitative estimate of drug-likeness (QED) is 0.919. The number of aromatic hydroxyl groups is 1. The fourth-order valence-electron chi connectivity index (χ4n) is 2.61. The molecule has 19 heavy (non-hydrogen) atoms. The molecule has 2 rings (SSSR count). The summed E-state index contributed by atoms with van der Waals surface area (Å²) < 4.78 is 5.14. The number of hydrogen-bond donors (Lipinski definition) is 1. The third kappa shape index (κ3) is 3.77. The first-order valence-electron chi connectivity index (χ1n) is 6.88. The molecule has 1 N–H and O–H groups in total. The summed E-state index contributed by atoms with van der Waals surface area (Å²) in [7, 11) is 1.54. The average Bonchev–Trinajstić information content (AvgIpc) is 2.59. The van der Waals surface area contributed by atoms with Gasteiger partial charge in [-0.3, -0.25) is 4.90 Å². The molecule has 0 aliphatic carbocycles. The Labute approximate surface area is 120 Å². The van der Waals surface area contributed by atoms with Gasteiger partial charge < -0.3 is 9.84 Å². The number of likely N-dealkylation sites (tertiary alicyclic amines) is 1. The average molecular weight is 284 g/mol. The highest BCUT2D eigenvalue weighted by Crippen LogP contribution is 2.35. The summed E-state index contributed by atoms with van der Waals surface area (Å²) in [5, 5.41) is 10.1. The number of rotatable bonds is 3. The number of hydrogen-bond acceptors (Lipinski definition) is 3. The van der Waals surface area contributed by atoms with Crippen LogP contribution in [0, 0.1) is 5.92 Å². The predicted molar refractivity (Wildman–Crippen MR) is 78.0 cm³/mol. The second-order valence-electron chi connectivity index (χ2n) is 5.44. The molecule has 1 aliphatic heterocycles. The van der Waals surface area contributed by atoms with Gasteiger partial charge in [-0.15, -0.1) is 0 Å². The van der Waals surface area contributed by atoms with E-state index in [2.05, 4.69) is 11.8 Å². The topological polar surface area (TPSA) is 32.7 Å². The molecule has 1 heterocycles. The predicted octanol–water partition coefficient (Wildman–Crippen LogP) is 3.68. The third-order valence-corrected chi connectivity index (χ3v) is 4.11. The molecule has 0 amide bonds.